The maximum Gasteiger partial charge on any atom is 0.260 e. The molecule has 0 amide bonds. The van der Waals surface area contributed by atoms with Gasteiger partial charge < -0.3 is 9.47 Å². The summed E-state index contributed by atoms with van der Waals surface area (Å²) in [6.07, 6.45) is 6.70. The number of ether oxygens (including phenoxy) is 2. The minimum atomic E-state index is -3.45. The van der Waals surface area contributed by atoms with Crippen molar-refractivity contribution in [3.05, 3.63) is 12.3 Å². The minimum Gasteiger partial charge on any atom is -0.376 e. The van der Waals surface area contributed by atoms with Crippen LogP contribution in [0.4, 0.5) is 0 Å². The third kappa shape index (κ3) is 3.93. The van der Waals surface area contributed by atoms with Crippen LogP contribution in [0, 0.1) is 0 Å². The first-order valence-corrected chi connectivity index (χ1v) is 9.73. The van der Waals surface area contributed by atoms with Crippen LogP contribution in [0.1, 0.15) is 32.1 Å². The van der Waals surface area contributed by atoms with Gasteiger partial charge in [0.15, 0.2) is 5.03 Å². The average molecular weight is 343 g/mol. The summed E-state index contributed by atoms with van der Waals surface area (Å²) in [5.41, 5.74) is 0. The fourth-order valence-corrected chi connectivity index (χ4v) is 4.74. The molecule has 2 aliphatic heterocycles. The standard InChI is InChI=1S/C15H25N3O4S/c1-17-15(5-8-16-17)23(19,20)18-9-6-13(7-10-18)22-12-14-4-2-3-11-21-14/h5,8,13-14H,2-4,6-7,9-12H2,1H3. The zero-order valence-electron chi connectivity index (χ0n) is 13.6. The first-order chi connectivity index (χ1) is 11.1. The molecule has 0 radical (unpaired) electrons. The van der Waals surface area contributed by atoms with Crippen LogP contribution < -0.4 is 0 Å². The molecule has 3 rings (SSSR count). The molecule has 1 aromatic rings. The van der Waals surface area contributed by atoms with E-state index in [1.807, 2.05) is 0 Å². The van der Waals surface area contributed by atoms with Gasteiger partial charge in [0, 0.05) is 26.7 Å². The number of nitrogens with zero attached hydrogens (tertiary/aromatic N) is 3. The molecule has 0 saturated carbocycles. The summed E-state index contributed by atoms with van der Waals surface area (Å²) >= 11 is 0. The monoisotopic (exact) mass is 343 g/mol. The summed E-state index contributed by atoms with van der Waals surface area (Å²) in [4.78, 5) is 0. The summed E-state index contributed by atoms with van der Waals surface area (Å²) in [5.74, 6) is 0. The molecule has 8 heteroatoms. The molecule has 1 unspecified atom stereocenters. The van der Waals surface area contributed by atoms with Gasteiger partial charge >= 0.3 is 0 Å². The summed E-state index contributed by atoms with van der Waals surface area (Å²) in [6, 6.07) is 1.54. The number of aromatic nitrogens is 2. The van der Waals surface area contributed by atoms with Crippen molar-refractivity contribution in [2.75, 3.05) is 26.3 Å². The van der Waals surface area contributed by atoms with Gasteiger partial charge in [-0.05, 0) is 38.2 Å². The zero-order valence-corrected chi connectivity index (χ0v) is 14.4. The van der Waals surface area contributed by atoms with Crippen molar-refractivity contribution in [1.29, 1.82) is 0 Å². The Bertz CT molecular complexity index is 602. The van der Waals surface area contributed by atoms with Crippen LogP contribution in [-0.2, 0) is 26.5 Å². The van der Waals surface area contributed by atoms with Crippen LogP contribution in [0.5, 0.6) is 0 Å². The molecule has 0 bridgehead atoms. The molecule has 0 aromatic carbocycles. The molecule has 7 nitrogen and oxygen atoms in total. The summed E-state index contributed by atoms with van der Waals surface area (Å²) in [6.45, 7) is 2.43. The molecule has 3 heterocycles. The van der Waals surface area contributed by atoms with Crippen LogP contribution in [0.25, 0.3) is 0 Å². The van der Waals surface area contributed by atoms with E-state index >= 15 is 0 Å². The van der Waals surface area contributed by atoms with E-state index in [4.69, 9.17) is 9.47 Å². The first kappa shape index (κ1) is 16.9. The molecular weight excluding hydrogens is 318 g/mol. The molecule has 2 aliphatic rings. The van der Waals surface area contributed by atoms with E-state index < -0.39 is 10.0 Å². The molecule has 0 N–H and O–H groups in total. The van der Waals surface area contributed by atoms with Gasteiger partial charge in [0.05, 0.1) is 25.0 Å². The fourth-order valence-electron chi connectivity index (χ4n) is 3.17. The number of sulfonamides is 1. The lowest BCUT2D eigenvalue weighted by Crippen LogP contribution is -2.42. The van der Waals surface area contributed by atoms with Crippen LogP contribution in [0.15, 0.2) is 17.3 Å². The van der Waals surface area contributed by atoms with Crippen molar-refractivity contribution in [2.45, 2.75) is 49.3 Å². The van der Waals surface area contributed by atoms with Crippen molar-refractivity contribution in [2.24, 2.45) is 7.05 Å². The first-order valence-electron chi connectivity index (χ1n) is 8.29. The Labute approximate surface area is 137 Å². The number of piperidine rings is 1. The van der Waals surface area contributed by atoms with Crippen LogP contribution in [0.2, 0.25) is 0 Å². The van der Waals surface area contributed by atoms with Crippen molar-refractivity contribution in [1.82, 2.24) is 14.1 Å². The van der Waals surface area contributed by atoms with E-state index in [-0.39, 0.29) is 17.2 Å². The maximum absolute atomic E-state index is 12.6. The molecule has 23 heavy (non-hydrogen) atoms. The van der Waals surface area contributed by atoms with E-state index in [0.29, 0.717) is 19.7 Å². The number of hydrogen-bond donors (Lipinski definition) is 0. The molecule has 130 valence electrons. The predicted molar refractivity (Wildman–Crippen MR) is 84.5 cm³/mol. The van der Waals surface area contributed by atoms with Gasteiger partial charge in [0.2, 0.25) is 0 Å². The molecule has 0 aliphatic carbocycles. The zero-order chi connectivity index (χ0) is 16.3. The normalized spacial score (nSPS) is 24.8. The highest BCUT2D eigenvalue weighted by molar-refractivity contribution is 7.89. The summed E-state index contributed by atoms with van der Waals surface area (Å²) in [7, 11) is -1.81. The number of aryl methyl sites for hydroxylation is 1. The topological polar surface area (TPSA) is 73.7 Å². The minimum absolute atomic E-state index is 0.124. The van der Waals surface area contributed by atoms with E-state index in [2.05, 4.69) is 5.10 Å². The van der Waals surface area contributed by atoms with Gasteiger partial charge in [-0.2, -0.15) is 9.40 Å². The van der Waals surface area contributed by atoms with Gasteiger partial charge in [0.25, 0.3) is 10.0 Å². The Hall–Kier alpha value is -0.960. The predicted octanol–water partition coefficient (Wildman–Crippen LogP) is 1.16. The van der Waals surface area contributed by atoms with Crippen LogP contribution >= 0.6 is 0 Å². The Kier molecular flexibility index (Phi) is 5.35. The van der Waals surface area contributed by atoms with Crippen LogP contribution in [0.3, 0.4) is 0 Å². The number of rotatable bonds is 5. The molecule has 1 atom stereocenters. The summed E-state index contributed by atoms with van der Waals surface area (Å²) < 4.78 is 39.7. The van der Waals surface area contributed by atoms with Gasteiger partial charge in [-0.25, -0.2) is 8.42 Å². The lowest BCUT2D eigenvalue weighted by molar-refractivity contribution is -0.0715. The Morgan fingerprint density at radius 3 is 2.70 bits per heavy atom. The van der Waals surface area contributed by atoms with Crippen molar-refractivity contribution in [3.63, 3.8) is 0 Å². The smallest absolute Gasteiger partial charge is 0.260 e. The van der Waals surface area contributed by atoms with Gasteiger partial charge in [-0.1, -0.05) is 0 Å². The maximum atomic E-state index is 12.6. The number of hydrogen-bond acceptors (Lipinski definition) is 5. The SMILES string of the molecule is Cn1nccc1S(=O)(=O)N1CCC(OCC2CCCCO2)CC1. The summed E-state index contributed by atoms with van der Waals surface area (Å²) in [5, 5.41) is 4.19. The molecule has 2 fully saturated rings. The molecule has 2 saturated heterocycles. The van der Waals surface area contributed by atoms with Gasteiger partial charge in [-0.3, -0.25) is 4.68 Å². The van der Waals surface area contributed by atoms with E-state index in [1.54, 1.807) is 13.1 Å². The second-order valence-corrected chi connectivity index (χ2v) is 8.10. The highest BCUT2D eigenvalue weighted by atomic mass is 32.2. The lowest BCUT2D eigenvalue weighted by atomic mass is 10.1. The van der Waals surface area contributed by atoms with E-state index in [9.17, 15) is 8.42 Å². The van der Waals surface area contributed by atoms with Crippen molar-refractivity contribution < 1.29 is 17.9 Å². The Morgan fingerprint density at radius 1 is 1.30 bits per heavy atom. The van der Waals surface area contributed by atoms with Crippen molar-refractivity contribution >= 4 is 10.0 Å². The molecule has 0 spiro atoms. The van der Waals surface area contributed by atoms with Gasteiger partial charge in [0.1, 0.15) is 0 Å². The highest BCUT2D eigenvalue weighted by Gasteiger charge is 2.31. The second kappa shape index (κ2) is 7.29. The third-order valence-corrected chi connectivity index (χ3v) is 6.55. The lowest BCUT2D eigenvalue weighted by Gasteiger charge is -2.32. The van der Waals surface area contributed by atoms with E-state index in [0.717, 1.165) is 32.3 Å². The molecule has 1 aromatic heterocycles. The molecular formula is C15H25N3O4S. The van der Waals surface area contributed by atoms with E-state index in [1.165, 1.54) is 21.6 Å². The van der Waals surface area contributed by atoms with Gasteiger partial charge in [-0.15, -0.1) is 0 Å². The Balaban J connectivity index is 1.49. The van der Waals surface area contributed by atoms with Crippen LogP contribution in [-0.4, -0.2) is 61.0 Å². The Morgan fingerprint density at radius 2 is 2.09 bits per heavy atom. The fraction of sp³-hybridized carbons (Fsp3) is 0.800. The van der Waals surface area contributed by atoms with Crippen molar-refractivity contribution in [3.8, 4) is 0 Å². The third-order valence-electron chi connectivity index (χ3n) is 4.57. The highest BCUT2D eigenvalue weighted by Crippen LogP contribution is 2.22. The quantitative estimate of drug-likeness (QED) is 0.802. The largest absolute Gasteiger partial charge is 0.376 e. The second-order valence-electron chi connectivity index (χ2n) is 6.22. The average Bonchev–Trinajstić information content (AvgIpc) is 3.01.